The molecule has 4 heteroatoms. The molecule has 16 heavy (non-hydrogen) atoms. The number of nitrogen functional groups attached to an aromatic ring is 1. The van der Waals surface area contributed by atoms with Crippen LogP contribution in [0.4, 0.5) is 4.39 Å². The van der Waals surface area contributed by atoms with Crippen LogP contribution in [-0.2, 0) is 0 Å². The van der Waals surface area contributed by atoms with Crippen molar-refractivity contribution in [1.29, 1.82) is 5.41 Å². The van der Waals surface area contributed by atoms with E-state index in [1.54, 1.807) is 12.1 Å². The number of rotatable bonds is 4. The summed E-state index contributed by atoms with van der Waals surface area (Å²) in [4.78, 5) is 0. The number of amidine groups is 1. The van der Waals surface area contributed by atoms with Gasteiger partial charge in [-0.3, -0.25) is 5.41 Å². The third-order valence-corrected chi connectivity index (χ3v) is 2.50. The van der Waals surface area contributed by atoms with Crippen LogP contribution in [-0.4, -0.2) is 11.9 Å². The van der Waals surface area contributed by atoms with Crippen molar-refractivity contribution in [3.8, 4) is 5.75 Å². The summed E-state index contributed by atoms with van der Waals surface area (Å²) in [6.45, 7) is 5.92. The molecule has 3 N–H and O–H groups in total. The molecule has 0 saturated heterocycles. The van der Waals surface area contributed by atoms with Gasteiger partial charge < -0.3 is 10.5 Å². The average molecular weight is 224 g/mol. The molecule has 1 aromatic rings. The molecule has 0 bridgehead atoms. The van der Waals surface area contributed by atoms with Crippen molar-refractivity contribution in [2.45, 2.75) is 26.9 Å². The Morgan fingerprint density at radius 3 is 2.50 bits per heavy atom. The van der Waals surface area contributed by atoms with Crippen LogP contribution in [0, 0.1) is 17.1 Å². The molecule has 0 spiro atoms. The van der Waals surface area contributed by atoms with Crippen LogP contribution < -0.4 is 10.5 Å². The van der Waals surface area contributed by atoms with Crippen LogP contribution in [0.1, 0.15) is 26.3 Å². The van der Waals surface area contributed by atoms with E-state index in [1.807, 2.05) is 20.8 Å². The molecule has 0 amide bonds. The molecule has 0 aliphatic carbocycles. The number of ether oxygens (including phenoxy) is 1. The van der Waals surface area contributed by atoms with Gasteiger partial charge in [0.1, 0.15) is 17.4 Å². The average Bonchev–Trinajstić information content (AvgIpc) is 2.16. The quantitative estimate of drug-likeness (QED) is 0.610. The molecule has 0 radical (unpaired) electrons. The van der Waals surface area contributed by atoms with Crippen LogP contribution in [0.15, 0.2) is 18.2 Å². The van der Waals surface area contributed by atoms with Gasteiger partial charge in [0.2, 0.25) is 0 Å². The fraction of sp³-hybridized carbons (Fsp3) is 0.417. The summed E-state index contributed by atoms with van der Waals surface area (Å²) < 4.78 is 19.0. The number of benzene rings is 1. The Labute approximate surface area is 94.9 Å². The number of hydrogen-bond acceptors (Lipinski definition) is 2. The lowest BCUT2D eigenvalue weighted by Crippen LogP contribution is -2.22. The Kier molecular flexibility index (Phi) is 3.88. The second kappa shape index (κ2) is 4.96. The molecule has 0 aliphatic rings. The third kappa shape index (κ3) is 2.72. The predicted octanol–water partition coefficient (Wildman–Crippen LogP) is 2.53. The summed E-state index contributed by atoms with van der Waals surface area (Å²) in [7, 11) is 0. The van der Waals surface area contributed by atoms with Gasteiger partial charge in [-0.1, -0.05) is 19.9 Å². The highest BCUT2D eigenvalue weighted by atomic mass is 19.1. The molecule has 1 aromatic carbocycles. The van der Waals surface area contributed by atoms with E-state index < -0.39 is 5.82 Å². The van der Waals surface area contributed by atoms with Gasteiger partial charge in [0, 0.05) is 0 Å². The highest BCUT2D eigenvalue weighted by Gasteiger charge is 2.16. The van der Waals surface area contributed by atoms with E-state index in [2.05, 4.69) is 0 Å². The third-order valence-electron chi connectivity index (χ3n) is 2.50. The lowest BCUT2D eigenvalue weighted by molar-refractivity contribution is 0.169. The van der Waals surface area contributed by atoms with Crippen LogP contribution in [0.25, 0.3) is 0 Å². The Balaban J connectivity index is 3.04. The summed E-state index contributed by atoms with van der Waals surface area (Å²) in [6, 6.07) is 4.44. The Bertz CT molecular complexity index is 391. The minimum atomic E-state index is -0.527. The molecule has 0 aliphatic heterocycles. The molecule has 1 rings (SSSR count). The van der Waals surface area contributed by atoms with E-state index in [-0.39, 0.29) is 17.5 Å². The SMILES string of the molecule is CC(C)C(C)Oc1cccc(F)c1C(=N)N. The number of nitrogens with one attached hydrogen (secondary N) is 1. The Morgan fingerprint density at radius 2 is 2.00 bits per heavy atom. The Morgan fingerprint density at radius 1 is 1.38 bits per heavy atom. The molecule has 0 saturated carbocycles. The molecule has 0 heterocycles. The van der Waals surface area contributed by atoms with Crippen LogP contribution in [0.2, 0.25) is 0 Å². The van der Waals surface area contributed by atoms with E-state index in [9.17, 15) is 4.39 Å². The zero-order chi connectivity index (χ0) is 12.3. The largest absolute Gasteiger partial charge is 0.490 e. The van der Waals surface area contributed by atoms with E-state index in [0.29, 0.717) is 11.7 Å². The van der Waals surface area contributed by atoms with E-state index in [1.165, 1.54) is 6.07 Å². The van der Waals surface area contributed by atoms with E-state index in [4.69, 9.17) is 15.9 Å². The molecular formula is C12H17FN2O. The van der Waals surface area contributed by atoms with Crippen molar-refractivity contribution in [3.63, 3.8) is 0 Å². The maximum Gasteiger partial charge on any atom is 0.137 e. The van der Waals surface area contributed by atoms with Gasteiger partial charge in [-0.05, 0) is 25.0 Å². The lowest BCUT2D eigenvalue weighted by atomic mass is 10.1. The van der Waals surface area contributed by atoms with Gasteiger partial charge in [-0.15, -0.1) is 0 Å². The van der Waals surface area contributed by atoms with E-state index >= 15 is 0 Å². The van der Waals surface area contributed by atoms with Gasteiger partial charge in [0.15, 0.2) is 0 Å². The topological polar surface area (TPSA) is 59.1 Å². The molecular weight excluding hydrogens is 207 g/mol. The first-order valence-corrected chi connectivity index (χ1v) is 5.23. The van der Waals surface area contributed by atoms with Crippen LogP contribution in [0.5, 0.6) is 5.75 Å². The normalized spacial score (nSPS) is 12.6. The minimum absolute atomic E-state index is 0.0370. The van der Waals surface area contributed by atoms with Crippen molar-refractivity contribution >= 4 is 5.84 Å². The van der Waals surface area contributed by atoms with Gasteiger partial charge >= 0.3 is 0 Å². The lowest BCUT2D eigenvalue weighted by Gasteiger charge is -2.20. The van der Waals surface area contributed by atoms with Crippen molar-refractivity contribution < 1.29 is 9.13 Å². The first kappa shape index (κ1) is 12.5. The standard InChI is InChI=1S/C12H17FN2O/c1-7(2)8(3)16-10-6-4-5-9(13)11(10)12(14)15/h4-8H,1-3H3,(H3,14,15). The summed E-state index contributed by atoms with van der Waals surface area (Å²) in [5, 5.41) is 7.33. The zero-order valence-electron chi connectivity index (χ0n) is 9.75. The van der Waals surface area contributed by atoms with E-state index in [0.717, 1.165) is 0 Å². The minimum Gasteiger partial charge on any atom is -0.490 e. The van der Waals surface area contributed by atoms with Crippen LogP contribution >= 0.6 is 0 Å². The summed E-state index contributed by atoms with van der Waals surface area (Å²) in [5.74, 6) is -0.207. The van der Waals surface area contributed by atoms with Crippen molar-refractivity contribution in [2.24, 2.45) is 11.7 Å². The molecule has 0 fully saturated rings. The number of hydrogen-bond donors (Lipinski definition) is 2. The van der Waals surface area contributed by atoms with Gasteiger partial charge in [-0.25, -0.2) is 4.39 Å². The zero-order valence-corrected chi connectivity index (χ0v) is 9.75. The Hall–Kier alpha value is -1.58. The molecule has 0 aromatic heterocycles. The van der Waals surface area contributed by atoms with Crippen molar-refractivity contribution in [1.82, 2.24) is 0 Å². The van der Waals surface area contributed by atoms with Gasteiger partial charge in [0.25, 0.3) is 0 Å². The highest BCUT2D eigenvalue weighted by Crippen LogP contribution is 2.23. The first-order valence-electron chi connectivity index (χ1n) is 5.23. The van der Waals surface area contributed by atoms with Crippen molar-refractivity contribution in [2.75, 3.05) is 0 Å². The monoisotopic (exact) mass is 224 g/mol. The predicted molar refractivity (Wildman–Crippen MR) is 62.3 cm³/mol. The maximum atomic E-state index is 13.5. The summed E-state index contributed by atoms with van der Waals surface area (Å²) >= 11 is 0. The fourth-order valence-corrected chi connectivity index (χ4v) is 1.20. The number of nitrogens with two attached hydrogens (primary N) is 1. The highest BCUT2D eigenvalue weighted by molar-refractivity contribution is 5.97. The molecule has 1 unspecified atom stereocenters. The summed E-state index contributed by atoms with van der Waals surface area (Å²) in [5.41, 5.74) is 5.37. The molecule has 88 valence electrons. The second-order valence-corrected chi connectivity index (χ2v) is 4.09. The van der Waals surface area contributed by atoms with Crippen LogP contribution in [0.3, 0.4) is 0 Å². The number of halogens is 1. The van der Waals surface area contributed by atoms with Crippen molar-refractivity contribution in [3.05, 3.63) is 29.6 Å². The first-order chi connectivity index (χ1) is 7.43. The maximum absolute atomic E-state index is 13.5. The molecule has 1 atom stereocenters. The second-order valence-electron chi connectivity index (χ2n) is 4.09. The smallest absolute Gasteiger partial charge is 0.137 e. The summed E-state index contributed by atoms with van der Waals surface area (Å²) in [6.07, 6.45) is -0.0556. The fourth-order valence-electron chi connectivity index (χ4n) is 1.20. The van der Waals surface area contributed by atoms with Gasteiger partial charge in [-0.2, -0.15) is 0 Å². The van der Waals surface area contributed by atoms with Gasteiger partial charge in [0.05, 0.1) is 11.7 Å². The molecule has 3 nitrogen and oxygen atoms in total.